The fourth-order valence-electron chi connectivity index (χ4n) is 6.42. The second kappa shape index (κ2) is 9.65. The number of amides is 1. The number of nitrogens with zero attached hydrogens (tertiary/aromatic N) is 4. The first-order valence-electron chi connectivity index (χ1n) is 13.4. The SMILES string of the molecule is C=CC(=O)N1CC(N2CCC(c3ccc4c(c3)Nc3nccc(N5CCOCC5)c3CO4)C(C)(C)C2)C1. The predicted octanol–water partition coefficient (Wildman–Crippen LogP) is 3.77. The lowest BCUT2D eigenvalue weighted by atomic mass is 9.70. The third-order valence-corrected chi connectivity index (χ3v) is 8.54. The average molecular weight is 504 g/mol. The van der Waals surface area contributed by atoms with E-state index >= 15 is 0 Å². The predicted molar refractivity (Wildman–Crippen MR) is 145 cm³/mol. The Labute approximate surface area is 219 Å². The van der Waals surface area contributed by atoms with Gasteiger partial charge in [0.15, 0.2) is 0 Å². The van der Waals surface area contributed by atoms with E-state index in [0.717, 1.165) is 81.7 Å². The van der Waals surface area contributed by atoms with Gasteiger partial charge in [0.2, 0.25) is 5.91 Å². The zero-order valence-electron chi connectivity index (χ0n) is 21.9. The smallest absolute Gasteiger partial charge is 0.246 e. The molecule has 0 bridgehead atoms. The van der Waals surface area contributed by atoms with Crippen molar-refractivity contribution in [2.75, 3.05) is 62.7 Å². The second-order valence-electron chi connectivity index (χ2n) is 11.3. The highest BCUT2D eigenvalue weighted by atomic mass is 16.5. The number of carbonyl (C=O) groups is 1. The molecule has 196 valence electrons. The van der Waals surface area contributed by atoms with E-state index in [1.54, 1.807) is 0 Å². The van der Waals surface area contributed by atoms with Gasteiger partial charge in [0.25, 0.3) is 0 Å². The minimum absolute atomic E-state index is 0.0400. The van der Waals surface area contributed by atoms with Crippen molar-refractivity contribution < 1.29 is 14.3 Å². The Morgan fingerprint density at radius 1 is 1.19 bits per heavy atom. The number of benzene rings is 1. The first-order chi connectivity index (χ1) is 17.9. The fraction of sp³-hybridized carbons (Fsp3) is 0.517. The van der Waals surface area contributed by atoms with Gasteiger partial charge < -0.3 is 24.6 Å². The van der Waals surface area contributed by atoms with Gasteiger partial charge in [0.1, 0.15) is 18.2 Å². The number of hydrogen-bond acceptors (Lipinski definition) is 7. The van der Waals surface area contributed by atoms with E-state index in [4.69, 9.17) is 9.47 Å². The fourth-order valence-corrected chi connectivity index (χ4v) is 6.42. The molecule has 1 amide bonds. The van der Waals surface area contributed by atoms with Crippen molar-refractivity contribution in [3.05, 3.63) is 54.2 Å². The highest BCUT2D eigenvalue weighted by molar-refractivity contribution is 5.87. The molecular weight excluding hydrogens is 466 g/mol. The van der Waals surface area contributed by atoms with Gasteiger partial charge >= 0.3 is 0 Å². The molecule has 0 aliphatic carbocycles. The molecule has 0 spiro atoms. The summed E-state index contributed by atoms with van der Waals surface area (Å²) < 4.78 is 11.9. The van der Waals surface area contributed by atoms with Crippen molar-refractivity contribution in [2.45, 2.75) is 38.8 Å². The number of rotatable bonds is 4. The standard InChI is InChI=1S/C29H37N5O3/c1-4-27(35)34-16-21(17-34)33-10-8-23(29(2,3)19-33)20-5-6-26-24(15-20)31-28-22(18-37-26)25(7-9-30-28)32-11-13-36-14-12-32/h4-7,9,15,21,23H,1,8,10-14,16-19H2,2-3H3,(H,30,31). The van der Waals surface area contributed by atoms with Crippen LogP contribution in [0, 0.1) is 5.41 Å². The zero-order chi connectivity index (χ0) is 25.6. The maximum Gasteiger partial charge on any atom is 0.246 e. The third kappa shape index (κ3) is 4.57. The minimum Gasteiger partial charge on any atom is -0.487 e. The highest BCUT2D eigenvalue weighted by Crippen LogP contribution is 2.46. The van der Waals surface area contributed by atoms with Gasteiger partial charge in [-0.05, 0) is 54.1 Å². The monoisotopic (exact) mass is 503 g/mol. The molecule has 4 aliphatic rings. The summed E-state index contributed by atoms with van der Waals surface area (Å²) in [5.41, 5.74) is 4.70. The first kappa shape index (κ1) is 24.2. The van der Waals surface area contributed by atoms with E-state index < -0.39 is 0 Å². The summed E-state index contributed by atoms with van der Waals surface area (Å²) in [6.07, 6.45) is 4.39. The number of anilines is 3. The molecule has 1 aromatic heterocycles. The van der Waals surface area contributed by atoms with Gasteiger partial charge in [-0.15, -0.1) is 0 Å². The molecule has 1 N–H and O–H groups in total. The number of pyridine rings is 1. The number of fused-ring (bicyclic) bond motifs is 2. The van der Waals surface area contributed by atoms with Crippen molar-refractivity contribution in [1.82, 2.24) is 14.8 Å². The number of likely N-dealkylation sites (tertiary alicyclic amines) is 2. The number of morpholine rings is 1. The molecule has 0 saturated carbocycles. The molecule has 6 rings (SSSR count). The van der Waals surface area contributed by atoms with E-state index in [0.29, 0.717) is 18.6 Å². The first-order valence-corrected chi connectivity index (χ1v) is 13.4. The summed E-state index contributed by atoms with van der Waals surface area (Å²) in [7, 11) is 0. The summed E-state index contributed by atoms with van der Waals surface area (Å²) in [4.78, 5) is 23.4. The van der Waals surface area contributed by atoms with E-state index in [-0.39, 0.29) is 11.3 Å². The van der Waals surface area contributed by atoms with E-state index in [1.807, 2.05) is 11.1 Å². The second-order valence-corrected chi connectivity index (χ2v) is 11.3. The molecule has 5 heterocycles. The Kier molecular flexibility index (Phi) is 6.32. The van der Waals surface area contributed by atoms with Crippen LogP contribution in [0.1, 0.15) is 37.3 Å². The van der Waals surface area contributed by atoms with Crippen LogP contribution in [0.5, 0.6) is 5.75 Å². The molecule has 1 unspecified atom stereocenters. The molecule has 1 aromatic carbocycles. The summed E-state index contributed by atoms with van der Waals surface area (Å²) in [6.45, 7) is 15.8. The van der Waals surface area contributed by atoms with Crippen LogP contribution >= 0.6 is 0 Å². The van der Waals surface area contributed by atoms with Gasteiger partial charge in [-0.25, -0.2) is 4.98 Å². The largest absolute Gasteiger partial charge is 0.487 e. The van der Waals surface area contributed by atoms with Crippen LogP contribution < -0.4 is 15.0 Å². The van der Waals surface area contributed by atoms with Crippen LogP contribution in [0.25, 0.3) is 0 Å². The molecule has 3 fully saturated rings. The average Bonchev–Trinajstić information content (AvgIpc) is 3.06. The van der Waals surface area contributed by atoms with Crippen molar-refractivity contribution in [3.63, 3.8) is 0 Å². The van der Waals surface area contributed by atoms with Crippen LogP contribution in [0.2, 0.25) is 0 Å². The number of ether oxygens (including phenoxy) is 2. The Hall–Kier alpha value is -3.10. The number of hydrogen-bond donors (Lipinski definition) is 1. The van der Waals surface area contributed by atoms with Crippen LogP contribution in [0.4, 0.5) is 17.2 Å². The van der Waals surface area contributed by atoms with Gasteiger partial charge in [0, 0.05) is 50.6 Å². The lowest BCUT2D eigenvalue weighted by Crippen LogP contribution is -2.63. The molecule has 8 heteroatoms. The van der Waals surface area contributed by atoms with Crippen molar-refractivity contribution in [1.29, 1.82) is 0 Å². The number of nitrogens with one attached hydrogen (secondary N) is 1. The van der Waals surface area contributed by atoms with Crippen LogP contribution in [-0.4, -0.2) is 79.2 Å². The Morgan fingerprint density at radius 2 is 2.00 bits per heavy atom. The zero-order valence-corrected chi connectivity index (χ0v) is 21.9. The van der Waals surface area contributed by atoms with E-state index in [2.05, 4.69) is 64.8 Å². The molecule has 8 nitrogen and oxygen atoms in total. The molecule has 4 aliphatic heterocycles. The Morgan fingerprint density at radius 3 is 2.76 bits per heavy atom. The van der Waals surface area contributed by atoms with Crippen molar-refractivity contribution in [3.8, 4) is 5.75 Å². The van der Waals surface area contributed by atoms with Crippen LogP contribution in [-0.2, 0) is 16.1 Å². The topological polar surface area (TPSA) is 70.2 Å². The lowest BCUT2D eigenvalue weighted by molar-refractivity contribution is -0.134. The molecular formula is C29H37N5O3. The molecule has 2 aromatic rings. The van der Waals surface area contributed by atoms with Gasteiger partial charge in [-0.1, -0.05) is 26.5 Å². The van der Waals surface area contributed by atoms with Gasteiger partial charge in [-0.3, -0.25) is 9.69 Å². The third-order valence-electron chi connectivity index (χ3n) is 8.54. The Balaban J connectivity index is 1.19. The van der Waals surface area contributed by atoms with Crippen molar-refractivity contribution >= 4 is 23.1 Å². The maximum atomic E-state index is 11.9. The number of piperidine rings is 1. The highest BCUT2D eigenvalue weighted by Gasteiger charge is 2.42. The van der Waals surface area contributed by atoms with Crippen LogP contribution in [0.15, 0.2) is 43.1 Å². The molecule has 3 saturated heterocycles. The minimum atomic E-state index is 0.0400. The number of aromatic nitrogens is 1. The van der Waals surface area contributed by atoms with E-state index in [9.17, 15) is 4.79 Å². The summed E-state index contributed by atoms with van der Waals surface area (Å²) >= 11 is 0. The molecule has 37 heavy (non-hydrogen) atoms. The summed E-state index contributed by atoms with van der Waals surface area (Å²) in [5.74, 6) is 2.22. The van der Waals surface area contributed by atoms with Gasteiger partial charge in [-0.2, -0.15) is 0 Å². The maximum absolute atomic E-state index is 11.9. The molecule has 0 radical (unpaired) electrons. The molecule has 1 atom stereocenters. The Bertz CT molecular complexity index is 1190. The normalized spacial score (nSPS) is 23.6. The number of carbonyl (C=O) groups excluding carboxylic acids is 1. The summed E-state index contributed by atoms with van der Waals surface area (Å²) in [5, 5.41) is 3.61. The lowest BCUT2D eigenvalue weighted by Gasteiger charge is -2.52. The summed E-state index contributed by atoms with van der Waals surface area (Å²) in [6, 6.07) is 9.16. The van der Waals surface area contributed by atoms with Crippen LogP contribution in [0.3, 0.4) is 0 Å². The van der Waals surface area contributed by atoms with E-state index in [1.165, 1.54) is 17.3 Å². The quantitative estimate of drug-likeness (QED) is 0.637. The van der Waals surface area contributed by atoms with Crippen molar-refractivity contribution in [2.24, 2.45) is 5.41 Å². The van der Waals surface area contributed by atoms with Gasteiger partial charge in [0.05, 0.1) is 24.5 Å².